The summed E-state index contributed by atoms with van der Waals surface area (Å²) in [6.07, 6.45) is -6.81. The van der Waals surface area contributed by atoms with E-state index in [-0.39, 0.29) is 41.0 Å². The molecule has 1 aromatic carbocycles. The summed E-state index contributed by atoms with van der Waals surface area (Å²) in [5, 5.41) is 18.8. The van der Waals surface area contributed by atoms with E-state index in [1.807, 2.05) is 6.07 Å². The number of rotatable bonds is 1. The summed E-state index contributed by atoms with van der Waals surface area (Å²) in [6.45, 7) is 1.76. The summed E-state index contributed by atoms with van der Waals surface area (Å²) in [7, 11) is 0. The zero-order valence-electron chi connectivity index (χ0n) is 12.4. The van der Waals surface area contributed by atoms with Crippen molar-refractivity contribution in [2.24, 2.45) is 4.99 Å². The summed E-state index contributed by atoms with van der Waals surface area (Å²) in [5.41, 5.74) is 0.676. The van der Waals surface area contributed by atoms with Crippen LogP contribution in [0.2, 0.25) is 5.02 Å². The zero-order chi connectivity index (χ0) is 17.6. The molecule has 1 fully saturated rings. The number of benzene rings is 1. The van der Waals surface area contributed by atoms with Gasteiger partial charge in [-0.3, -0.25) is 4.90 Å². The van der Waals surface area contributed by atoms with Gasteiger partial charge in [0.25, 0.3) is 6.02 Å². The summed E-state index contributed by atoms with van der Waals surface area (Å²) >= 11 is 6.04. The molecule has 1 N–H and O–H groups in total. The van der Waals surface area contributed by atoms with Crippen LogP contribution in [0, 0.1) is 18.3 Å². The van der Waals surface area contributed by atoms with Gasteiger partial charge in [-0.15, -0.1) is 0 Å². The largest absolute Gasteiger partial charge is 0.510 e. The lowest BCUT2D eigenvalue weighted by molar-refractivity contribution is -0.183. The molecule has 1 saturated heterocycles. The predicted octanol–water partition coefficient (Wildman–Crippen LogP) is 3.94. The van der Waals surface area contributed by atoms with Gasteiger partial charge in [0.05, 0.1) is 16.3 Å². The standard InChI is InChI=1S/C15H11ClF3N3O2/c1-7-9(3-2-8(6-20)11(7)16)21-14-22-5-4-10(23)12(22)13(24-14)15(17,18)19/h2-3,13,23H,4-5H2,1H3/t13-/m0/s1. The quantitative estimate of drug-likeness (QED) is 0.826. The van der Waals surface area contributed by atoms with Gasteiger partial charge in [-0.2, -0.15) is 23.4 Å². The van der Waals surface area contributed by atoms with Gasteiger partial charge in [0.1, 0.15) is 17.5 Å². The Labute approximate surface area is 140 Å². The molecule has 9 heteroatoms. The highest BCUT2D eigenvalue weighted by molar-refractivity contribution is 6.32. The minimum Gasteiger partial charge on any atom is -0.510 e. The average Bonchev–Trinajstić information content (AvgIpc) is 3.06. The third kappa shape index (κ3) is 2.55. The second-order valence-electron chi connectivity index (χ2n) is 5.35. The summed E-state index contributed by atoms with van der Waals surface area (Å²) in [6, 6.07) is 4.58. The van der Waals surface area contributed by atoms with Crippen molar-refractivity contribution in [3.63, 3.8) is 0 Å². The molecular formula is C15H11ClF3N3O2. The Kier molecular flexibility index (Phi) is 3.84. The first-order valence-corrected chi connectivity index (χ1v) is 7.32. The fraction of sp³-hybridized carbons (Fsp3) is 0.333. The minimum atomic E-state index is -4.67. The van der Waals surface area contributed by atoms with Gasteiger partial charge in [-0.05, 0) is 24.6 Å². The number of nitrogens with zero attached hydrogens (tertiary/aromatic N) is 3. The van der Waals surface area contributed by atoms with Crippen molar-refractivity contribution in [2.45, 2.75) is 25.6 Å². The molecule has 0 aromatic heterocycles. The van der Waals surface area contributed by atoms with E-state index in [0.29, 0.717) is 11.3 Å². The summed E-state index contributed by atoms with van der Waals surface area (Å²) < 4.78 is 44.3. The number of aliphatic hydroxyl groups is 1. The highest BCUT2D eigenvalue weighted by Crippen LogP contribution is 2.41. The molecule has 1 aromatic rings. The van der Waals surface area contributed by atoms with Crippen molar-refractivity contribution in [2.75, 3.05) is 6.54 Å². The van der Waals surface area contributed by atoms with Gasteiger partial charge in [0, 0.05) is 13.0 Å². The maximum absolute atomic E-state index is 13.1. The monoisotopic (exact) mass is 357 g/mol. The fourth-order valence-corrected chi connectivity index (χ4v) is 2.83. The normalized spacial score (nSPS) is 21.9. The van der Waals surface area contributed by atoms with Crippen LogP contribution in [-0.2, 0) is 4.74 Å². The number of aliphatic imine (C=N–C) groups is 1. The molecule has 0 radical (unpaired) electrons. The van der Waals surface area contributed by atoms with Crippen LogP contribution < -0.4 is 0 Å². The Morgan fingerprint density at radius 3 is 2.79 bits per heavy atom. The Morgan fingerprint density at radius 2 is 2.17 bits per heavy atom. The van der Waals surface area contributed by atoms with Gasteiger partial charge >= 0.3 is 6.18 Å². The van der Waals surface area contributed by atoms with Crippen LogP contribution in [0.5, 0.6) is 0 Å². The van der Waals surface area contributed by atoms with Crippen molar-refractivity contribution in [1.29, 1.82) is 5.26 Å². The van der Waals surface area contributed by atoms with Crippen LogP contribution in [0.1, 0.15) is 17.5 Å². The molecule has 2 aliphatic rings. The number of fused-ring (bicyclic) bond motifs is 1. The molecule has 24 heavy (non-hydrogen) atoms. The second kappa shape index (κ2) is 5.60. The van der Waals surface area contributed by atoms with E-state index in [0.717, 1.165) is 0 Å². The van der Waals surface area contributed by atoms with E-state index >= 15 is 0 Å². The number of ether oxygens (including phenoxy) is 1. The number of halogens is 4. The Bertz CT molecular complexity index is 811. The van der Waals surface area contributed by atoms with E-state index in [1.165, 1.54) is 17.0 Å². The molecule has 2 aliphatic heterocycles. The van der Waals surface area contributed by atoms with E-state index in [2.05, 4.69) is 4.99 Å². The number of nitriles is 1. The van der Waals surface area contributed by atoms with Crippen molar-refractivity contribution in [3.05, 3.63) is 39.7 Å². The molecular weight excluding hydrogens is 347 g/mol. The smallest absolute Gasteiger partial charge is 0.431 e. The van der Waals surface area contributed by atoms with Gasteiger partial charge < -0.3 is 9.84 Å². The first kappa shape index (κ1) is 16.5. The topological polar surface area (TPSA) is 68.8 Å². The molecule has 5 nitrogen and oxygen atoms in total. The molecule has 0 bridgehead atoms. The molecule has 1 atom stereocenters. The molecule has 0 amide bonds. The molecule has 0 unspecified atom stereocenters. The third-order valence-electron chi connectivity index (χ3n) is 3.85. The molecule has 126 valence electrons. The van der Waals surface area contributed by atoms with Crippen LogP contribution in [0.15, 0.2) is 28.6 Å². The molecule has 0 saturated carbocycles. The zero-order valence-corrected chi connectivity index (χ0v) is 13.1. The number of hydrogen-bond donors (Lipinski definition) is 1. The van der Waals surface area contributed by atoms with Crippen LogP contribution in [0.3, 0.4) is 0 Å². The molecule has 0 spiro atoms. The van der Waals surface area contributed by atoms with Crippen molar-refractivity contribution < 1.29 is 23.0 Å². The lowest BCUT2D eigenvalue weighted by Gasteiger charge is -2.14. The van der Waals surface area contributed by atoms with Crippen molar-refractivity contribution in [1.82, 2.24) is 4.90 Å². The maximum atomic E-state index is 13.1. The van der Waals surface area contributed by atoms with Crippen molar-refractivity contribution >= 4 is 23.3 Å². The SMILES string of the molecule is Cc1c(N=C2O[C@H](C(F)(F)F)C3=C(O)CCN23)ccc(C#N)c1Cl. The van der Waals surface area contributed by atoms with E-state index in [4.69, 9.17) is 21.6 Å². The summed E-state index contributed by atoms with van der Waals surface area (Å²) in [4.78, 5) is 5.32. The molecule has 0 aliphatic carbocycles. The van der Waals surface area contributed by atoms with Gasteiger partial charge in [0.15, 0.2) is 0 Å². The maximum Gasteiger partial charge on any atom is 0.431 e. The van der Waals surface area contributed by atoms with E-state index in [1.54, 1.807) is 6.92 Å². The Balaban J connectivity index is 2.04. The first-order valence-electron chi connectivity index (χ1n) is 6.95. The Hall–Kier alpha value is -2.40. The van der Waals surface area contributed by atoms with E-state index in [9.17, 15) is 18.3 Å². The predicted molar refractivity (Wildman–Crippen MR) is 79.9 cm³/mol. The van der Waals surface area contributed by atoms with Crippen LogP contribution in [0.25, 0.3) is 0 Å². The highest BCUT2D eigenvalue weighted by atomic mass is 35.5. The number of hydrogen-bond acceptors (Lipinski definition) is 4. The van der Waals surface area contributed by atoms with Crippen LogP contribution in [0.4, 0.5) is 18.9 Å². The van der Waals surface area contributed by atoms with Crippen LogP contribution >= 0.6 is 11.6 Å². The second-order valence-corrected chi connectivity index (χ2v) is 5.73. The average molecular weight is 358 g/mol. The molecule has 3 rings (SSSR count). The molecule has 2 heterocycles. The first-order chi connectivity index (χ1) is 11.2. The third-order valence-corrected chi connectivity index (χ3v) is 4.34. The number of amidine groups is 1. The minimum absolute atomic E-state index is 0.0946. The van der Waals surface area contributed by atoms with E-state index < -0.39 is 12.3 Å². The highest BCUT2D eigenvalue weighted by Gasteiger charge is 2.55. The number of alkyl halides is 3. The van der Waals surface area contributed by atoms with Gasteiger partial charge in [0.2, 0.25) is 6.10 Å². The van der Waals surface area contributed by atoms with Crippen LogP contribution in [-0.4, -0.2) is 34.9 Å². The fourth-order valence-electron chi connectivity index (χ4n) is 2.63. The summed E-state index contributed by atoms with van der Waals surface area (Å²) in [5.74, 6) is -0.350. The lowest BCUT2D eigenvalue weighted by Crippen LogP contribution is -2.30. The lowest BCUT2D eigenvalue weighted by atomic mass is 10.1. The van der Waals surface area contributed by atoms with Gasteiger partial charge in [-0.1, -0.05) is 11.6 Å². The Morgan fingerprint density at radius 1 is 1.46 bits per heavy atom. The van der Waals surface area contributed by atoms with Crippen molar-refractivity contribution in [3.8, 4) is 6.07 Å². The van der Waals surface area contributed by atoms with Gasteiger partial charge in [-0.25, -0.2) is 0 Å². The number of aliphatic hydroxyl groups excluding tert-OH is 1.